The van der Waals surface area contributed by atoms with E-state index in [9.17, 15) is 13.2 Å². The first-order valence-corrected chi connectivity index (χ1v) is 12.2. The number of thiophene rings is 1. The molecule has 1 aromatic carbocycles. The number of hydrogen-bond donors (Lipinski definition) is 1. The quantitative estimate of drug-likeness (QED) is 0.724. The number of piperidine rings is 1. The number of rotatable bonds is 7. The summed E-state index contributed by atoms with van der Waals surface area (Å²) in [6, 6.07) is 10.4. The number of nitrogens with one attached hydrogen (secondary N) is 1. The summed E-state index contributed by atoms with van der Waals surface area (Å²) >= 11 is 1.66. The number of carbonyl (C=O) groups excluding carboxylic acids is 1. The highest BCUT2D eigenvalue weighted by molar-refractivity contribution is 7.89. The van der Waals surface area contributed by atoms with Gasteiger partial charge in [0.25, 0.3) is 5.91 Å². The van der Waals surface area contributed by atoms with Crippen molar-refractivity contribution < 1.29 is 13.2 Å². The third-order valence-electron chi connectivity index (χ3n) is 5.42. The topological polar surface area (TPSA) is 69.7 Å². The number of nitrogens with zero attached hydrogens (tertiary/aromatic N) is 2. The maximum atomic E-state index is 12.9. The first kappa shape index (κ1) is 22.0. The van der Waals surface area contributed by atoms with Gasteiger partial charge in [0.15, 0.2) is 0 Å². The molecule has 2 aromatic rings. The van der Waals surface area contributed by atoms with Crippen molar-refractivity contribution in [3.63, 3.8) is 0 Å². The van der Waals surface area contributed by atoms with Gasteiger partial charge in [0.1, 0.15) is 0 Å². The minimum absolute atomic E-state index is 0.0111. The van der Waals surface area contributed by atoms with Gasteiger partial charge >= 0.3 is 0 Å². The number of likely N-dealkylation sites (N-methyl/N-ethyl adjacent to an activating group) is 1. The van der Waals surface area contributed by atoms with Gasteiger partial charge in [-0.25, -0.2) is 8.42 Å². The van der Waals surface area contributed by atoms with Crippen molar-refractivity contribution in [2.75, 3.05) is 27.2 Å². The SMILES string of the molecule is C[C@@H]1CCCCN1S(=O)(=O)c1ccc(C(=O)NC[C@H](c2cccs2)N(C)C)cc1. The number of carbonyl (C=O) groups is 1. The lowest BCUT2D eigenvalue weighted by Gasteiger charge is -2.32. The van der Waals surface area contributed by atoms with Crippen LogP contribution in [0.1, 0.15) is 47.5 Å². The van der Waals surface area contributed by atoms with Crippen LogP contribution in [0.25, 0.3) is 0 Å². The molecule has 1 fully saturated rings. The molecule has 8 heteroatoms. The van der Waals surface area contributed by atoms with Crippen LogP contribution in [-0.2, 0) is 10.0 Å². The molecule has 0 spiro atoms. The lowest BCUT2D eigenvalue weighted by Crippen LogP contribution is -2.41. The maximum absolute atomic E-state index is 12.9. The Labute approximate surface area is 177 Å². The molecule has 0 aliphatic carbocycles. The van der Waals surface area contributed by atoms with Crippen LogP contribution in [0, 0.1) is 0 Å². The maximum Gasteiger partial charge on any atom is 0.251 e. The van der Waals surface area contributed by atoms with E-state index in [4.69, 9.17) is 0 Å². The summed E-state index contributed by atoms with van der Waals surface area (Å²) in [4.78, 5) is 16.1. The van der Waals surface area contributed by atoms with E-state index in [0.29, 0.717) is 18.7 Å². The van der Waals surface area contributed by atoms with E-state index < -0.39 is 10.0 Å². The second-order valence-corrected chi connectivity index (χ2v) is 10.6. The molecule has 6 nitrogen and oxygen atoms in total. The third kappa shape index (κ3) is 5.06. The van der Waals surface area contributed by atoms with Crippen molar-refractivity contribution >= 4 is 27.3 Å². The summed E-state index contributed by atoms with van der Waals surface area (Å²) in [5, 5.41) is 4.99. The summed E-state index contributed by atoms with van der Waals surface area (Å²) in [7, 11) is 0.444. The molecule has 1 N–H and O–H groups in total. The molecule has 0 radical (unpaired) electrons. The zero-order chi connectivity index (χ0) is 21.0. The molecule has 29 heavy (non-hydrogen) atoms. The fraction of sp³-hybridized carbons (Fsp3) is 0.476. The molecule has 1 aromatic heterocycles. The monoisotopic (exact) mass is 435 g/mol. The van der Waals surface area contributed by atoms with Crippen LogP contribution in [0.15, 0.2) is 46.7 Å². The molecular weight excluding hydrogens is 406 g/mol. The summed E-state index contributed by atoms with van der Waals surface area (Å²) in [6.07, 6.45) is 2.84. The van der Waals surface area contributed by atoms with E-state index in [1.54, 1.807) is 27.8 Å². The Morgan fingerprint density at radius 1 is 1.24 bits per heavy atom. The van der Waals surface area contributed by atoms with Gasteiger partial charge in [-0.05, 0) is 69.6 Å². The minimum Gasteiger partial charge on any atom is -0.350 e. The van der Waals surface area contributed by atoms with Crippen LogP contribution < -0.4 is 5.32 Å². The van der Waals surface area contributed by atoms with Crippen molar-refractivity contribution in [1.82, 2.24) is 14.5 Å². The van der Waals surface area contributed by atoms with Gasteiger partial charge in [-0.15, -0.1) is 11.3 Å². The number of amides is 1. The summed E-state index contributed by atoms with van der Waals surface area (Å²) in [5.74, 6) is -0.205. The van der Waals surface area contributed by atoms with Crippen molar-refractivity contribution in [3.8, 4) is 0 Å². The summed E-state index contributed by atoms with van der Waals surface area (Å²) < 4.78 is 27.4. The Balaban J connectivity index is 1.67. The van der Waals surface area contributed by atoms with Crippen LogP contribution in [0.5, 0.6) is 0 Å². The number of sulfonamides is 1. The average Bonchev–Trinajstić information content (AvgIpc) is 3.22. The minimum atomic E-state index is -3.52. The Morgan fingerprint density at radius 3 is 2.55 bits per heavy atom. The van der Waals surface area contributed by atoms with Crippen molar-refractivity contribution in [2.24, 2.45) is 0 Å². The van der Waals surface area contributed by atoms with Gasteiger partial charge in [-0.3, -0.25) is 4.79 Å². The molecule has 2 heterocycles. The Hall–Kier alpha value is -1.74. The lowest BCUT2D eigenvalue weighted by atomic mass is 10.1. The van der Waals surface area contributed by atoms with Gasteiger partial charge in [0, 0.05) is 29.6 Å². The van der Waals surface area contributed by atoms with E-state index in [-0.39, 0.29) is 22.9 Å². The Kier molecular flexibility index (Phi) is 7.10. The molecule has 158 valence electrons. The van der Waals surface area contributed by atoms with E-state index in [0.717, 1.165) is 19.3 Å². The molecule has 1 saturated heterocycles. The third-order valence-corrected chi connectivity index (χ3v) is 8.42. The average molecular weight is 436 g/mol. The molecule has 2 atom stereocenters. The Morgan fingerprint density at radius 2 is 1.97 bits per heavy atom. The molecule has 3 rings (SSSR count). The van der Waals surface area contributed by atoms with Gasteiger partial charge in [0.2, 0.25) is 10.0 Å². The molecule has 0 bridgehead atoms. The first-order chi connectivity index (χ1) is 13.8. The molecule has 1 aliphatic rings. The van der Waals surface area contributed by atoms with Crippen molar-refractivity contribution in [2.45, 2.75) is 43.2 Å². The zero-order valence-electron chi connectivity index (χ0n) is 17.2. The molecule has 1 amide bonds. The lowest BCUT2D eigenvalue weighted by molar-refractivity contribution is 0.0942. The second kappa shape index (κ2) is 9.38. The van der Waals surface area contributed by atoms with Crippen molar-refractivity contribution in [3.05, 3.63) is 52.2 Å². The smallest absolute Gasteiger partial charge is 0.251 e. The van der Waals surface area contributed by atoms with E-state index in [1.807, 2.05) is 32.5 Å². The summed E-state index contributed by atoms with van der Waals surface area (Å²) in [5.41, 5.74) is 0.458. The standard InChI is InChI=1S/C21H29N3O3S2/c1-16-7-4-5-13-24(16)29(26,27)18-11-9-17(10-12-18)21(25)22-15-19(23(2)3)20-8-6-14-28-20/h6,8-12,14,16,19H,4-5,7,13,15H2,1-3H3,(H,22,25)/t16-,19-/m1/s1. The van der Waals surface area contributed by atoms with Crippen molar-refractivity contribution in [1.29, 1.82) is 0 Å². The normalized spacial score (nSPS) is 19.2. The zero-order valence-corrected chi connectivity index (χ0v) is 18.8. The summed E-state index contributed by atoms with van der Waals surface area (Å²) in [6.45, 7) is 2.99. The molecule has 0 unspecified atom stereocenters. The highest BCUT2D eigenvalue weighted by atomic mass is 32.2. The number of benzene rings is 1. The largest absolute Gasteiger partial charge is 0.350 e. The van der Waals surface area contributed by atoms with Gasteiger partial charge in [-0.2, -0.15) is 4.31 Å². The molecule has 1 aliphatic heterocycles. The van der Waals surface area contributed by atoms with Crippen LogP contribution in [0.4, 0.5) is 0 Å². The highest BCUT2D eigenvalue weighted by Crippen LogP contribution is 2.25. The van der Waals surface area contributed by atoms with E-state index in [2.05, 4.69) is 16.3 Å². The second-order valence-electron chi connectivity index (χ2n) is 7.69. The van der Waals surface area contributed by atoms with Crippen LogP contribution in [0.2, 0.25) is 0 Å². The van der Waals surface area contributed by atoms with Crippen LogP contribution in [0.3, 0.4) is 0 Å². The van der Waals surface area contributed by atoms with E-state index in [1.165, 1.54) is 17.0 Å². The molecule has 0 saturated carbocycles. The fourth-order valence-electron chi connectivity index (χ4n) is 3.65. The molecular formula is C21H29N3O3S2. The first-order valence-electron chi connectivity index (χ1n) is 9.90. The fourth-order valence-corrected chi connectivity index (χ4v) is 6.27. The highest BCUT2D eigenvalue weighted by Gasteiger charge is 2.31. The van der Waals surface area contributed by atoms with Crippen LogP contribution >= 0.6 is 11.3 Å². The Bertz CT molecular complexity index is 909. The van der Waals surface area contributed by atoms with E-state index >= 15 is 0 Å². The number of hydrogen-bond acceptors (Lipinski definition) is 5. The van der Waals surface area contributed by atoms with Crippen LogP contribution in [-0.4, -0.2) is 56.8 Å². The predicted octanol–water partition coefficient (Wildman–Crippen LogP) is 3.34. The van der Waals surface area contributed by atoms with Gasteiger partial charge < -0.3 is 10.2 Å². The van der Waals surface area contributed by atoms with Gasteiger partial charge in [-0.1, -0.05) is 12.5 Å². The van der Waals surface area contributed by atoms with Gasteiger partial charge in [0.05, 0.1) is 10.9 Å². The predicted molar refractivity (Wildman–Crippen MR) is 117 cm³/mol.